The number of halogens is 1. The second-order valence-electron chi connectivity index (χ2n) is 2.73. The average molecular weight is 272 g/mol. The van der Waals surface area contributed by atoms with Crippen LogP contribution < -0.4 is 0 Å². The van der Waals surface area contributed by atoms with Crippen molar-refractivity contribution in [3.63, 3.8) is 0 Å². The largest absolute Gasteiger partial charge is 0.345 e. The fourth-order valence-corrected chi connectivity index (χ4v) is 1.77. The number of rotatable bonds is 1. The number of hydrogen-bond donors (Lipinski definition) is 1. The number of hydrogen-bond acceptors (Lipinski definition) is 1. The van der Waals surface area contributed by atoms with Crippen molar-refractivity contribution in [2.45, 2.75) is 13.3 Å². The molecule has 0 aliphatic heterocycles. The third-order valence-corrected chi connectivity index (χ3v) is 2.84. The molecular weight excluding hydrogens is 263 g/mol. The lowest BCUT2D eigenvalue weighted by molar-refractivity contribution is 1.12. The molecule has 2 nitrogen and oxygen atoms in total. The number of aromatic amines is 1. The fourth-order valence-electron chi connectivity index (χ4n) is 1.21. The fraction of sp³-hybridized carbons (Fsp3) is 0.222. The Bertz CT molecular complexity index is 406. The highest BCUT2D eigenvalue weighted by atomic mass is 127. The zero-order valence-corrected chi connectivity index (χ0v) is 8.92. The van der Waals surface area contributed by atoms with Crippen LogP contribution in [0.4, 0.5) is 0 Å². The van der Waals surface area contributed by atoms with Crippen LogP contribution in [0.15, 0.2) is 18.5 Å². The van der Waals surface area contributed by atoms with Gasteiger partial charge in [0.2, 0.25) is 0 Å². The van der Waals surface area contributed by atoms with E-state index in [1.807, 2.05) is 12.4 Å². The van der Waals surface area contributed by atoms with E-state index < -0.39 is 0 Å². The normalized spacial score (nSPS) is 10.8. The van der Waals surface area contributed by atoms with Crippen molar-refractivity contribution in [1.82, 2.24) is 9.97 Å². The van der Waals surface area contributed by atoms with Crippen molar-refractivity contribution in [3.05, 3.63) is 27.6 Å². The Morgan fingerprint density at radius 1 is 1.58 bits per heavy atom. The lowest BCUT2D eigenvalue weighted by Gasteiger charge is -1.95. The molecule has 2 heterocycles. The van der Waals surface area contributed by atoms with E-state index in [1.54, 1.807) is 0 Å². The van der Waals surface area contributed by atoms with Gasteiger partial charge >= 0.3 is 0 Å². The summed E-state index contributed by atoms with van der Waals surface area (Å²) in [5, 5.41) is 1.23. The lowest BCUT2D eigenvalue weighted by atomic mass is 10.2. The Morgan fingerprint density at radius 2 is 2.42 bits per heavy atom. The van der Waals surface area contributed by atoms with Crippen LogP contribution in [0.5, 0.6) is 0 Å². The predicted octanol–water partition coefficient (Wildman–Crippen LogP) is 2.73. The summed E-state index contributed by atoms with van der Waals surface area (Å²) >= 11 is 2.32. The van der Waals surface area contributed by atoms with E-state index in [4.69, 9.17) is 0 Å². The third kappa shape index (κ3) is 1.22. The minimum Gasteiger partial charge on any atom is -0.345 e. The first-order chi connectivity index (χ1) is 5.81. The van der Waals surface area contributed by atoms with E-state index in [1.165, 1.54) is 14.5 Å². The summed E-state index contributed by atoms with van der Waals surface area (Å²) in [6.07, 6.45) is 4.96. The Hall–Kier alpha value is -0.580. The summed E-state index contributed by atoms with van der Waals surface area (Å²) in [5.74, 6) is 0. The molecule has 0 unspecified atom stereocenters. The molecule has 0 aliphatic carbocycles. The van der Waals surface area contributed by atoms with Gasteiger partial charge in [-0.1, -0.05) is 6.92 Å². The van der Waals surface area contributed by atoms with Gasteiger partial charge in [0.25, 0.3) is 0 Å². The zero-order valence-electron chi connectivity index (χ0n) is 6.76. The van der Waals surface area contributed by atoms with Crippen LogP contribution in [-0.2, 0) is 6.42 Å². The maximum Gasteiger partial charge on any atom is 0.138 e. The van der Waals surface area contributed by atoms with E-state index in [0.29, 0.717) is 0 Å². The average Bonchev–Trinajstić information content (AvgIpc) is 2.47. The molecule has 0 aromatic carbocycles. The summed E-state index contributed by atoms with van der Waals surface area (Å²) in [6.45, 7) is 2.14. The number of pyridine rings is 1. The van der Waals surface area contributed by atoms with Gasteiger partial charge in [-0.2, -0.15) is 0 Å². The quantitative estimate of drug-likeness (QED) is 0.794. The van der Waals surface area contributed by atoms with Crippen LogP contribution in [0.3, 0.4) is 0 Å². The molecule has 0 saturated carbocycles. The highest BCUT2D eigenvalue weighted by Crippen LogP contribution is 2.19. The van der Waals surface area contributed by atoms with Gasteiger partial charge in [-0.25, -0.2) is 4.98 Å². The van der Waals surface area contributed by atoms with Gasteiger partial charge in [-0.05, 0) is 40.6 Å². The second-order valence-corrected chi connectivity index (χ2v) is 3.89. The summed E-state index contributed by atoms with van der Waals surface area (Å²) < 4.78 is 1.24. The van der Waals surface area contributed by atoms with Crippen LogP contribution in [0.2, 0.25) is 0 Å². The number of nitrogens with zero attached hydrogens (tertiary/aromatic N) is 1. The maximum atomic E-state index is 4.31. The predicted molar refractivity (Wildman–Crippen MR) is 58.2 cm³/mol. The highest BCUT2D eigenvalue weighted by molar-refractivity contribution is 14.1. The molecular formula is C9H9IN2. The molecule has 0 radical (unpaired) electrons. The smallest absolute Gasteiger partial charge is 0.138 e. The summed E-state index contributed by atoms with van der Waals surface area (Å²) in [4.78, 5) is 7.43. The summed E-state index contributed by atoms with van der Waals surface area (Å²) in [7, 11) is 0. The summed E-state index contributed by atoms with van der Waals surface area (Å²) in [5.41, 5.74) is 2.27. The zero-order chi connectivity index (χ0) is 8.55. The molecule has 1 N–H and O–H groups in total. The molecule has 12 heavy (non-hydrogen) atoms. The van der Waals surface area contributed by atoms with Gasteiger partial charge in [-0.3, -0.25) is 0 Å². The molecule has 0 aliphatic rings. The third-order valence-electron chi connectivity index (χ3n) is 1.95. The van der Waals surface area contributed by atoms with Gasteiger partial charge in [0.1, 0.15) is 5.65 Å². The van der Waals surface area contributed by atoms with E-state index >= 15 is 0 Å². The number of H-pyrrole nitrogens is 1. The highest BCUT2D eigenvalue weighted by Gasteiger charge is 2.01. The maximum absolute atomic E-state index is 4.31. The van der Waals surface area contributed by atoms with Crippen LogP contribution in [-0.4, -0.2) is 9.97 Å². The minimum atomic E-state index is 0.983. The molecule has 0 bridgehead atoms. The van der Waals surface area contributed by atoms with E-state index in [9.17, 15) is 0 Å². The van der Waals surface area contributed by atoms with Crippen LogP contribution in [0.25, 0.3) is 11.0 Å². The standard InChI is InChI=1S/C9H9IN2/c1-2-6-3-7-8(10)5-12-9(7)11-4-6/h3-5H,2H2,1H3,(H,11,12). The number of aryl methyl sites for hydroxylation is 1. The molecule has 0 spiro atoms. The van der Waals surface area contributed by atoms with Crippen molar-refractivity contribution in [2.75, 3.05) is 0 Å². The number of fused-ring (bicyclic) bond motifs is 1. The first-order valence-electron chi connectivity index (χ1n) is 3.92. The van der Waals surface area contributed by atoms with E-state index in [2.05, 4.69) is 45.5 Å². The van der Waals surface area contributed by atoms with Crippen LogP contribution in [0, 0.1) is 3.57 Å². The molecule has 0 saturated heterocycles. The van der Waals surface area contributed by atoms with Gasteiger partial charge in [0.05, 0.1) is 0 Å². The van der Waals surface area contributed by atoms with Gasteiger partial charge in [-0.15, -0.1) is 0 Å². The summed E-state index contributed by atoms with van der Waals surface area (Å²) in [6, 6.07) is 2.20. The van der Waals surface area contributed by atoms with Crippen molar-refractivity contribution in [1.29, 1.82) is 0 Å². The van der Waals surface area contributed by atoms with Crippen molar-refractivity contribution >= 4 is 33.6 Å². The first-order valence-corrected chi connectivity index (χ1v) is 5.00. The van der Waals surface area contributed by atoms with Crippen LogP contribution in [0.1, 0.15) is 12.5 Å². The molecule has 62 valence electrons. The van der Waals surface area contributed by atoms with Gasteiger partial charge in [0.15, 0.2) is 0 Å². The van der Waals surface area contributed by atoms with Gasteiger partial charge < -0.3 is 4.98 Å². The SMILES string of the molecule is CCc1cnc2[nH]cc(I)c2c1. The van der Waals surface area contributed by atoms with E-state index in [-0.39, 0.29) is 0 Å². The minimum absolute atomic E-state index is 0.983. The van der Waals surface area contributed by atoms with E-state index in [0.717, 1.165) is 12.1 Å². The Labute approximate surface area is 84.5 Å². The monoisotopic (exact) mass is 272 g/mol. The van der Waals surface area contributed by atoms with Gasteiger partial charge in [0, 0.05) is 21.4 Å². The Kier molecular flexibility index (Phi) is 2.04. The lowest BCUT2D eigenvalue weighted by Crippen LogP contribution is -1.83. The molecule has 0 fully saturated rings. The molecule has 3 heteroatoms. The Balaban J connectivity index is 2.71. The molecule has 2 aromatic rings. The van der Waals surface area contributed by atoms with Crippen molar-refractivity contribution in [3.8, 4) is 0 Å². The second kappa shape index (κ2) is 3.05. The molecule has 2 rings (SSSR count). The first kappa shape index (κ1) is 8.04. The molecule has 0 atom stereocenters. The van der Waals surface area contributed by atoms with Crippen molar-refractivity contribution < 1.29 is 0 Å². The number of nitrogens with one attached hydrogen (secondary N) is 1. The molecule has 0 amide bonds. The van der Waals surface area contributed by atoms with Crippen molar-refractivity contribution in [2.24, 2.45) is 0 Å². The Morgan fingerprint density at radius 3 is 3.17 bits per heavy atom. The van der Waals surface area contributed by atoms with Crippen LogP contribution >= 0.6 is 22.6 Å². The molecule has 2 aromatic heterocycles. The topological polar surface area (TPSA) is 28.7 Å². The number of aromatic nitrogens is 2.